The van der Waals surface area contributed by atoms with Gasteiger partial charge in [0.15, 0.2) is 5.96 Å². The van der Waals surface area contributed by atoms with Crippen LogP contribution in [0, 0.1) is 0 Å². The second-order valence-corrected chi connectivity index (χ2v) is 6.19. The van der Waals surface area contributed by atoms with Crippen LogP contribution in [0.3, 0.4) is 0 Å². The number of aliphatic imine (C=N–C) groups is 1. The topological polar surface area (TPSA) is 77.0 Å². The van der Waals surface area contributed by atoms with Crippen molar-refractivity contribution in [2.24, 2.45) is 4.99 Å². The fraction of sp³-hybridized carbons (Fsp3) is 0.667. The number of ether oxygens (including phenoxy) is 3. The van der Waals surface area contributed by atoms with E-state index in [4.69, 9.17) is 14.2 Å². The summed E-state index contributed by atoms with van der Waals surface area (Å²) in [4.78, 5) is 7.70. The summed E-state index contributed by atoms with van der Waals surface area (Å²) < 4.78 is 54.8. The van der Waals surface area contributed by atoms with Crippen molar-refractivity contribution in [3.8, 4) is 5.88 Å². The Morgan fingerprint density at radius 3 is 2.86 bits per heavy atom. The largest absolute Gasteiger partial charge is 0.475 e. The van der Waals surface area contributed by atoms with E-state index in [1.807, 2.05) is 0 Å². The van der Waals surface area contributed by atoms with Crippen molar-refractivity contribution < 1.29 is 27.4 Å². The number of nitrogens with one attached hydrogen (secondary N) is 2. The van der Waals surface area contributed by atoms with E-state index in [1.54, 1.807) is 7.05 Å². The molecule has 1 aliphatic heterocycles. The lowest BCUT2D eigenvalue weighted by Gasteiger charge is -2.14. The van der Waals surface area contributed by atoms with Crippen LogP contribution in [0.4, 0.5) is 13.2 Å². The Morgan fingerprint density at radius 1 is 1.32 bits per heavy atom. The van der Waals surface area contributed by atoms with Gasteiger partial charge in [-0.25, -0.2) is 4.98 Å². The van der Waals surface area contributed by atoms with Crippen molar-refractivity contribution in [2.75, 3.05) is 46.6 Å². The number of guanidine groups is 1. The summed E-state index contributed by atoms with van der Waals surface area (Å²) in [5.41, 5.74) is -0.888. The first kappa shape index (κ1) is 22.2. The molecule has 0 aromatic carbocycles. The highest BCUT2D eigenvalue weighted by atomic mass is 19.4. The van der Waals surface area contributed by atoms with Gasteiger partial charge in [0.1, 0.15) is 12.2 Å². The first-order valence-corrected chi connectivity index (χ1v) is 9.29. The minimum Gasteiger partial charge on any atom is -0.475 e. The molecule has 1 unspecified atom stereocenters. The molecule has 0 amide bonds. The fourth-order valence-corrected chi connectivity index (χ4v) is 2.63. The van der Waals surface area contributed by atoms with Crippen LogP contribution < -0.4 is 15.4 Å². The summed E-state index contributed by atoms with van der Waals surface area (Å²) in [5, 5.41) is 6.09. The van der Waals surface area contributed by atoms with E-state index in [0.717, 1.165) is 31.9 Å². The van der Waals surface area contributed by atoms with E-state index in [0.29, 0.717) is 25.7 Å². The van der Waals surface area contributed by atoms with Crippen molar-refractivity contribution in [1.82, 2.24) is 15.6 Å². The zero-order valence-corrected chi connectivity index (χ0v) is 15.9. The Bertz CT molecular complexity index is 608. The molecule has 10 heteroatoms. The van der Waals surface area contributed by atoms with E-state index in [2.05, 4.69) is 20.6 Å². The first-order valence-electron chi connectivity index (χ1n) is 9.29. The third kappa shape index (κ3) is 7.89. The summed E-state index contributed by atoms with van der Waals surface area (Å²) in [6, 6.07) is 2.17. The minimum absolute atomic E-state index is 0.0191. The standard InChI is InChI=1S/C18H27F3N4O3/c1-22-17(24-8-4-10-26-13-14-5-3-11-27-14)25-9-12-28-16-15(18(19,20)21)6-2-7-23-16/h2,6-7,14H,3-5,8-13H2,1H3,(H2,22,24,25). The third-order valence-electron chi connectivity index (χ3n) is 4.02. The molecule has 0 aliphatic carbocycles. The predicted octanol–water partition coefficient (Wildman–Crippen LogP) is 2.23. The molecular formula is C18H27F3N4O3. The average molecular weight is 404 g/mol. The summed E-state index contributed by atoms with van der Waals surface area (Å²) >= 11 is 0. The molecule has 1 fully saturated rings. The van der Waals surface area contributed by atoms with Crippen LogP contribution in [0.2, 0.25) is 0 Å². The van der Waals surface area contributed by atoms with Crippen LogP contribution >= 0.6 is 0 Å². The van der Waals surface area contributed by atoms with Gasteiger partial charge in [-0.1, -0.05) is 0 Å². The molecule has 158 valence electrons. The Hall–Kier alpha value is -2.07. The van der Waals surface area contributed by atoms with E-state index in [1.165, 1.54) is 12.3 Å². The Kier molecular flexibility index (Phi) is 9.29. The molecule has 0 saturated carbocycles. The van der Waals surface area contributed by atoms with E-state index >= 15 is 0 Å². The lowest BCUT2D eigenvalue weighted by molar-refractivity contribution is -0.139. The summed E-state index contributed by atoms with van der Waals surface area (Å²) in [7, 11) is 1.62. The summed E-state index contributed by atoms with van der Waals surface area (Å²) in [5.74, 6) is 0.114. The number of aromatic nitrogens is 1. The normalized spacial score (nSPS) is 17.6. The van der Waals surface area contributed by atoms with Gasteiger partial charge in [0.25, 0.3) is 0 Å². The minimum atomic E-state index is -4.50. The SMILES string of the molecule is CN=C(NCCCOCC1CCCO1)NCCOc1ncccc1C(F)(F)F. The fourth-order valence-electron chi connectivity index (χ4n) is 2.63. The molecule has 1 atom stereocenters. The first-order chi connectivity index (χ1) is 13.5. The average Bonchev–Trinajstić information content (AvgIpc) is 3.19. The van der Waals surface area contributed by atoms with Crippen LogP contribution in [0.25, 0.3) is 0 Å². The number of halogens is 3. The lowest BCUT2D eigenvalue weighted by Crippen LogP contribution is -2.40. The maximum absolute atomic E-state index is 12.9. The van der Waals surface area contributed by atoms with Crippen molar-refractivity contribution >= 4 is 5.96 Å². The van der Waals surface area contributed by atoms with E-state index < -0.39 is 17.6 Å². The maximum Gasteiger partial charge on any atom is 0.421 e. The molecule has 0 spiro atoms. The maximum atomic E-state index is 12.9. The van der Waals surface area contributed by atoms with Gasteiger partial charge >= 0.3 is 6.18 Å². The molecule has 0 bridgehead atoms. The van der Waals surface area contributed by atoms with Gasteiger partial charge in [0.05, 0.1) is 19.3 Å². The molecular weight excluding hydrogens is 377 g/mol. The molecule has 2 N–H and O–H groups in total. The molecule has 1 aliphatic rings. The molecule has 1 aromatic rings. The predicted molar refractivity (Wildman–Crippen MR) is 98.5 cm³/mol. The Morgan fingerprint density at radius 2 is 2.14 bits per heavy atom. The quantitative estimate of drug-likeness (QED) is 0.354. The number of nitrogens with zero attached hydrogens (tertiary/aromatic N) is 2. The highest BCUT2D eigenvalue weighted by Gasteiger charge is 2.34. The van der Waals surface area contributed by atoms with Gasteiger partial charge in [-0.15, -0.1) is 0 Å². The van der Waals surface area contributed by atoms with Crippen LogP contribution in [0.5, 0.6) is 5.88 Å². The molecule has 2 heterocycles. The number of hydrogen-bond acceptors (Lipinski definition) is 5. The third-order valence-corrected chi connectivity index (χ3v) is 4.02. The van der Waals surface area contributed by atoms with Crippen LogP contribution in [0.1, 0.15) is 24.8 Å². The van der Waals surface area contributed by atoms with Gasteiger partial charge < -0.3 is 24.8 Å². The Balaban J connectivity index is 1.57. The second kappa shape index (κ2) is 11.7. The zero-order valence-electron chi connectivity index (χ0n) is 15.9. The van der Waals surface area contributed by atoms with Gasteiger partial charge in [-0.3, -0.25) is 4.99 Å². The van der Waals surface area contributed by atoms with Crippen LogP contribution in [-0.2, 0) is 15.7 Å². The van der Waals surface area contributed by atoms with Crippen LogP contribution in [0.15, 0.2) is 23.3 Å². The van der Waals surface area contributed by atoms with Crippen molar-refractivity contribution in [3.05, 3.63) is 23.9 Å². The molecule has 2 rings (SSSR count). The van der Waals surface area contributed by atoms with Crippen molar-refractivity contribution in [3.63, 3.8) is 0 Å². The second-order valence-electron chi connectivity index (χ2n) is 6.19. The van der Waals surface area contributed by atoms with Gasteiger partial charge in [-0.05, 0) is 31.4 Å². The molecule has 1 aromatic heterocycles. The van der Waals surface area contributed by atoms with E-state index in [9.17, 15) is 13.2 Å². The van der Waals surface area contributed by atoms with Gasteiger partial charge in [0, 0.05) is 33.0 Å². The highest BCUT2D eigenvalue weighted by Crippen LogP contribution is 2.34. The van der Waals surface area contributed by atoms with Crippen molar-refractivity contribution in [1.29, 1.82) is 0 Å². The smallest absolute Gasteiger partial charge is 0.421 e. The Labute approximate surface area is 162 Å². The monoisotopic (exact) mass is 404 g/mol. The molecule has 7 nitrogen and oxygen atoms in total. The number of hydrogen-bond donors (Lipinski definition) is 2. The summed E-state index contributed by atoms with van der Waals surface area (Å²) in [6.45, 7) is 3.02. The lowest BCUT2D eigenvalue weighted by atomic mass is 10.2. The number of alkyl halides is 3. The molecule has 1 saturated heterocycles. The summed E-state index contributed by atoms with van der Waals surface area (Å²) in [6.07, 6.45) is -0.0643. The zero-order chi connectivity index (χ0) is 20.2. The van der Waals surface area contributed by atoms with Crippen LogP contribution in [-0.4, -0.2) is 63.6 Å². The molecule has 0 radical (unpaired) electrons. The number of rotatable bonds is 10. The van der Waals surface area contributed by atoms with Gasteiger partial charge in [0.2, 0.25) is 5.88 Å². The van der Waals surface area contributed by atoms with Gasteiger partial charge in [-0.2, -0.15) is 13.2 Å². The van der Waals surface area contributed by atoms with Crippen molar-refractivity contribution in [2.45, 2.75) is 31.5 Å². The highest BCUT2D eigenvalue weighted by molar-refractivity contribution is 5.79. The van der Waals surface area contributed by atoms with E-state index in [-0.39, 0.29) is 19.3 Å². The number of pyridine rings is 1. The molecule has 28 heavy (non-hydrogen) atoms.